The van der Waals surface area contributed by atoms with E-state index in [1.54, 1.807) is 18.6 Å². The van der Waals surface area contributed by atoms with Gasteiger partial charge in [-0.15, -0.1) is 11.8 Å². The Bertz CT molecular complexity index is 486. The minimum atomic E-state index is 0.188. The van der Waals surface area contributed by atoms with Gasteiger partial charge in [-0.1, -0.05) is 12.8 Å². The van der Waals surface area contributed by atoms with Crippen LogP contribution in [-0.2, 0) is 4.79 Å². The van der Waals surface area contributed by atoms with E-state index < -0.39 is 0 Å². The number of thioether (sulfide) groups is 1. The second-order valence-electron chi connectivity index (χ2n) is 6.42. The van der Waals surface area contributed by atoms with Crippen LogP contribution < -0.4 is 10.1 Å². The van der Waals surface area contributed by atoms with Gasteiger partial charge in [0.2, 0.25) is 11.8 Å². The maximum Gasteiger partial charge on any atom is 0.232 e. The normalized spacial score (nSPS) is 25.2. The van der Waals surface area contributed by atoms with E-state index in [1.165, 1.54) is 25.7 Å². The standard InChI is InChI=1S/C17H25N3O2S/c21-16(12-23-15-3-1-2-4-15)20-13-5-7-14(8-6-13)22-17-11-18-9-10-19-17/h9-11,13-15H,1-8,12H2,(H,20,21). The molecule has 3 rings (SSSR count). The molecule has 1 N–H and O–H groups in total. The molecule has 2 fully saturated rings. The number of carbonyl (C=O) groups excluding carboxylic acids is 1. The predicted molar refractivity (Wildman–Crippen MR) is 91.6 cm³/mol. The van der Waals surface area contributed by atoms with Crippen LogP contribution in [0.25, 0.3) is 0 Å². The second kappa shape index (κ2) is 8.52. The summed E-state index contributed by atoms with van der Waals surface area (Å²) in [5.74, 6) is 1.40. The van der Waals surface area contributed by atoms with Crippen molar-refractivity contribution in [1.29, 1.82) is 0 Å². The van der Waals surface area contributed by atoms with E-state index >= 15 is 0 Å². The molecule has 0 spiro atoms. The van der Waals surface area contributed by atoms with E-state index in [0.29, 0.717) is 22.9 Å². The van der Waals surface area contributed by atoms with Crippen LogP contribution in [0.1, 0.15) is 51.4 Å². The van der Waals surface area contributed by atoms with E-state index in [0.717, 1.165) is 25.7 Å². The van der Waals surface area contributed by atoms with Crippen molar-refractivity contribution in [3.63, 3.8) is 0 Å². The van der Waals surface area contributed by atoms with Crippen molar-refractivity contribution in [2.24, 2.45) is 0 Å². The molecule has 0 aliphatic heterocycles. The van der Waals surface area contributed by atoms with Crippen molar-refractivity contribution in [1.82, 2.24) is 15.3 Å². The molecule has 2 aliphatic rings. The van der Waals surface area contributed by atoms with Crippen LogP contribution in [0.4, 0.5) is 0 Å². The van der Waals surface area contributed by atoms with Crippen molar-refractivity contribution in [2.75, 3.05) is 5.75 Å². The number of nitrogens with one attached hydrogen (secondary N) is 1. The lowest BCUT2D eigenvalue weighted by atomic mass is 9.93. The monoisotopic (exact) mass is 335 g/mol. The topological polar surface area (TPSA) is 64.1 Å². The predicted octanol–water partition coefficient (Wildman–Crippen LogP) is 2.96. The fourth-order valence-corrected chi connectivity index (χ4v) is 4.50. The summed E-state index contributed by atoms with van der Waals surface area (Å²) >= 11 is 1.83. The maximum atomic E-state index is 12.1. The van der Waals surface area contributed by atoms with Gasteiger partial charge in [-0.05, 0) is 38.5 Å². The lowest BCUT2D eigenvalue weighted by molar-refractivity contribution is -0.119. The third-order valence-electron chi connectivity index (χ3n) is 4.62. The zero-order chi connectivity index (χ0) is 15.9. The summed E-state index contributed by atoms with van der Waals surface area (Å²) in [4.78, 5) is 20.2. The van der Waals surface area contributed by atoms with E-state index in [9.17, 15) is 4.79 Å². The van der Waals surface area contributed by atoms with E-state index in [1.807, 2.05) is 11.8 Å². The highest BCUT2D eigenvalue weighted by molar-refractivity contribution is 8.00. The molecule has 0 saturated heterocycles. The van der Waals surface area contributed by atoms with Crippen LogP contribution in [-0.4, -0.2) is 39.0 Å². The highest BCUT2D eigenvalue weighted by atomic mass is 32.2. The quantitative estimate of drug-likeness (QED) is 0.866. The zero-order valence-corrected chi connectivity index (χ0v) is 14.3. The molecule has 0 radical (unpaired) electrons. The smallest absolute Gasteiger partial charge is 0.232 e. The van der Waals surface area contributed by atoms with Crippen LogP contribution in [0.15, 0.2) is 18.6 Å². The molecule has 1 heterocycles. The maximum absolute atomic E-state index is 12.1. The summed E-state index contributed by atoms with van der Waals surface area (Å²) in [6, 6.07) is 0.299. The molecule has 5 nitrogen and oxygen atoms in total. The zero-order valence-electron chi connectivity index (χ0n) is 13.4. The largest absolute Gasteiger partial charge is 0.473 e. The molecule has 1 aromatic heterocycles. The summed E-state index contributed by atoms with van der Waals surface area (Å²) in [7, 11) is 0. The van der Waals surface area contributed by atoms with Gasteiger partial charge in [0, 0.05) is 23.7 Å². The number of nitrogens with zero attached hydrogens (tertiary/aromatic N) is 2. The third-order valence-corrected chi connectivity index (χ3v) is 5.99. The Balaban J connectivity index is 1.33. The van der Waals surface area contributed by atoms with Crippen molar-refractivity contribution >= 4 is 17.7 Å². The summed E-state index contributed by atoms with van der Waals surface area (Å²) < 4.78 is 5.83. The molecule has 0 unspecified atom stereocenters. The summed E-state index contributed by atoms with van der Waals surface area (Å²) in [5.41, 5.74) is 0. The Morgan fingerprint density at radius 2 is 1.96 bits per heavy atom. The fraction of sp³-hybridized carbons (Fsp3) is 0.706. The molecule has 0 bridgehead atoms. The summed E-state index contributed by atoms with van der Waals surface area (Å²) in [6.45, 7) is 0. The molecule has 126 valence electrons. The van der Waals surface area contributed by atoms with Crippen molar-refractivity contribution in [2.45, 2.75) is 68.8 Å². The van der Waals surface area contributed by atoms with Gasteiger partial charge in [0.25, 0.3) is 0 Å². The first-order valence-corrected chi connectivity index (χ1v) is 9.68. The van der Waals surface area contributed by atoms with E-state index in [4.69, 9.17) is 4.74 Å². The molecule has 2 saturated carbocycles. The summed E-state index contributed by atoms with van der Waals surface area (Å²) in [5, 5.41) is 3.89. The van der Waals surface area contributed by atoms with Crippen LogP contribution in [0, 0.1) is 0 Å². The minimum absolute atomic E-state index is 0.188. The van der Waals surface area contributed by atoms with Gasteiger partial charge in [-0.3, -0.25) is 9.78 Å². The number of rotatable bonds is 6. The lowest BCUT2D eigenvalue weighted by Crippen LogP contribution is -2.40. The van der Waals surface area contributed by atoms with Gasteiger partial charge in [0.05, 0.1) is 11.9 Å². The number of hydrogen-bond acceptors (Lipinski definition) is 5. The van der Waals surface area contributed by atoms with E-state index in [-0.39, 0.29) is 12.0 Å². The van der Waals surface area contributed by atoms with Gasteiger partial charge in [-0.2, -0.15) is 0 Å². The average molecular weight is 335 g/mol. The van der Waals surface area contributed by atoms with Gasteiger partial charge in [0.15, 0.2) is 0 Å². The minimum Gasteiger partial charge on any atom is -0.473 e. The Morgan fingerprint density at radius 1 is 1.17 bits per heavy atom. The molecule has 1 aromatic rings. The Kier molecular flexibility index (Phi) is 6.13. The van der Waals surface area contributed by atoms with Crippen LogP contribution in [0.3, 0.4) is 0 Å². The fourth-order valence-electron chi connectivity index (χ4n) is 3.36. The molecule has 2 aliphatic carbocycles. The Hall–Kier alpha value is -1.30. The number of aromatic nitrogens is 2. The van der Waals surface area contributed by atoms with Gasteiger partial charge in [-0.25, -0.2) is 4.98 Å². The molecule has 6 heteroatoms. The SMILES string of the molecule is O=C(CSC1CCCC1)NC1CCC(Oc2cnccn2)CC1. The molecule has 0 aromatic carbocycles. The number of ether oxygens (including phenoxy) is 1. The number of amides is 1. The molecule has 0 atom stereocenters. The number of hydrogen-bond donors (Lipinski definition) is 1. The van der Waals surface area contributed by atoms with Crippen LogP contribution in [0.5, 0.6) is 5.88 Å². The Morgan fingerprint density at radius 3 is 2.65 bits per heavy atom. The van der Waals surface area contributed by atoms with Crippen LogP contribution >= 0.6 is 11.8 Å². The molecule has 1 amide bonds. The lowest BCUT2D eigenvalue weighted by Gasteiger charge is -2.29. The van der Waals surface area contributed by atoms with E-state index in [2.05, 4.69) is 15.3 Å². The molecular weight excluding hydrogens is 310 g/mol. The summed E-state index contributed by atoms with van der Waals surface area (Å²) in [6.07, 6.45) is 14.2. The first-order chi connectivity index (χ1) is 11.3. The Labute approximate surface area is 142 Å². The highest BCUT2D eigenvalue weighted by Gasteiger charge is 2.24. The first-order valence-electron chi connectivity index (χ1n) is 8.63. The number of carbonyl (C=O) groups is 1. The van der Waals surface area contributed by atoms with Crippen molar-refractivity contribution in [3.05, 3.63) is 18.6 Å². The molecule has 23 heavy (non-hydrogen) atoms. The van der Waals surface area contributed by atoms with Crippen molar-refractivity contribution in [3.8, 4) is 5.88 Å². The third kappa shape index (κ3) is 5.37. The van der Waals surface area contributed by atoms with Gasteiger partial charge in [0.1, 0.15) is 6.10 Å². The average Bonchev–Trinajstić information content (AvgIpc) is 3.09. The molecular formula is C17H25N3O2S. The first kappa shape index (κ1) is 16.6. The van der Waals surface area contributed by atoms with Crippen molar-refractivity contribution < 1.29 is 9.53 Å². The van der Waals surface area contributed by atoms with Gasteiger partial charge >= 0.3 is 0 Å². The van der Waals surface area contributed by atoms with Crippen LogP contribution in [0.2, 0.25) is 0 Å². The van der Waals surface area contributed by atoms with Gasteiger partial charge < -0.3 is 10.1 Å². The second-order valence-corrected chi connectivity index (χ2v) is 7.71. The highest BCUT2D eigenvalue weighted by Crippen LogP contribution is 2.29.